The van der Waals surface area contributed by atoms with Crippen LogP contribution in [0.3, 0.4) is 0 Å². The molecule has 0 spiro atoms. The molecule has 3 heteroatoms. The van der Waals surface area contributed by atoms with Gasteiger partial charge in [-0.2, -0.15) is 0 Å². The first-order valence-corrected chi connectivity index (χ1v) is 2.59. The molecule has 2 N–H and O–H groups in total. The van der Waals surface area contributed by atoms with Crippen LogP contribution in [0.1, 0.15) is 13.3 Å². The number of aliphatic hydroxyl groups excluding tert-OH is 1. The normalized spacial score (nSPS) is 11.3. The van der Waals surface area contributed by atoms with Gasteiger partial charge in [0.1, 0.15) is 6.10 Å². The SMILES string of the molecule is CC[C@@H](O)C#CC(=O)O. The van der Waals surface area contributed by atoms with E-state index in [2.05, 4.69) is 5.92 Å². The molecule has 0 aromatic carbocycles. The Morgan fingerprint density at radius 2 is 2.33 bits per heavy atom. The third-order valence-corrected chi connectivity index (χ3v) is 0.732. The van der Waals surface area contributed by atoms with Crippen molar-refractivity contribution >= 4 is 5.97 Å². The minimum atomic E-state index is -1.21. The van der Waals surface area contributed by atoms with Crippen molar-refractivity contribution in [1.82, 2.24) is 0 Å². The maximum absolute atomic E-state index is 9.73. The fraction of sp³-hybridized carbons (Fsp3) is 0.500. The molecular weight excluding hydrogens is 120 g/mol. The zero-order valence-electron chi connectivity index (χ0n) is 5.09. The number of aliphatic carboxylic acids is 1. The average molecular weight is 128 g/mol. The third kappa shape index (κ3) is 4.85. The maximum atomic E-state index is 9.73. The summed E-state index contributed by atoms with van der Waals surface area (Å²) in [5.74, 6) is 2.74. The number of carboxylic acids is 1. The van der Waals surface area contributed by atoms with Gasteiger partial charge in [0.05, 0.1) is 0 Å². The average Bonchev–Trinajstić information content (AvgIpc) is 1.83. The second kappa shape index (κ2) is 3.93. The van der Waals surface area contributed by atoms with Crippen LogP contribution in [0.15, 0.2) is 0 Å². The highest BCUT2D eigenvalue weighted by atomic mass is 16.4. The molecule has 0 radical (unpaired) electrons. The van der Waals surface area contributed by atoms with Gasteiger partial charge in [0, 0.05) is 5.92 Å². The highest BCUT2D eigenvalue weighted by Gasteiger charge is 1.91. The van der Waals surface area contributed by atoms with E-state index >= 15 is 0 Å². The lowest BCUT2D eigenvalue weighted by Crippen LogP contribution is -2.00. The summed E-state index contributed by atoms with van der Waals surface area (Å²) in [6, 6.07) is 0. The Kier molecular flexibility index (Phi) is 3.49. The first kappa shape index (κ1) is 7.99. The van der Waals surface area contributed by atoms with E-state index in [9.17, 15) is 4.79 Å². The minimum absolute atomic E-state index is 0.459. The largest absolute Gasteiger partial charge is 0.472 e. The van der Waals surface area contributed by atoms with E-state index in [1.807, 2.05) is 5.92 Å². The Morgan fingerprint density at radius 3 is 2.67 bits per heavy atom. The van der Waals surface area contributed by atoms with E-state index in [0.717, 1.165) is 0 Å². The molecule has 0 aromatic rings. The second-order valence-corrected chi connectivity index (χ2v) is 1.50. The van der Waals surface area contributed by atoms with E-state index in [1.54, 1.807) is 6.92 Å². The molecule has 0 aliphatic rings. The molecule has 0 amide bonds. The zero-order chi connectivity index (χ0) is 7.28. The lowest BCUT2D eigenvalue weighted by Gasteiger charge is -1.91. The summed E-state index contributed by atoms with van der Waals surface area (Å²) >= 11 is 0. The van der Waals surface area contributed by atoms with E-state index in [4.69, 9.17) is 10.2 Å². The Bertz CT molecular complexity index is 151. The number of hydrogen-bond acceptors (Lipinski definition) is 2. The van der Waals surface area contributed by atoms with Crippen molar-refractivity contribution in [2.75, 3.05) is 0 Å². The maximum Gasteiger partial charge on any atom is 0.381 e. The topological polar surface area (TPSA) is 57.5 Å². The van der Waals surface area contributed by atoms with Crippen LogP contribution in [0, 0.1) is 11.8 Å². The number of carboxylic acid groups (broad SMARTS) is 1. The van der Waals surface area contributed by atoms with Gasteiger partial charge < -0.3 is 10.2 Å². The second-order valence-electron chi connectivity index (χ2n) is 1.50. The third-order valence-electron chi connectivity index (χ3n) is 0.732. The highest BCUT2D eigenvalue weighted by Crippen LogP contribution is 1.84. The molecule has 0 aliphatic heterocycles. The number of aliphatic hydroxyl groups is 1. The van der Waals surface area contributed by atoms with Crippen molar-refractivity contribution in [2.45, 2.75) is 19.4 Å². The molecule has 3 nitrogen and oxygen atoms in total. The van der Waals surface area contributed by atoms with Gasteiger partial charge in [0.25, 0.3) is 0 Å². The molecule has 1 atom stereocenters. The molecule has 50 valence electrons. The molecule has 9 heavy (non-hydrogen) atoms. The van der Waals surface area contributed by atoms with Crippen LogP contribution in [0.4, 0.5) is 0 Å². The summed E-state index contributed by atoms with van der Waals surface area (Å²) in [6.45, 7) is 1.72. The standard InChI is InChI=1S/C6H8O3/c1-2-5(7)3-4-6(8)9/h5,7H,2H2,1H3,(H,8,9)/t5-/m1/s1. The molecule has 0 aliphatic carbocycles. The van der Waals surface area contributed by atoms with Gasteiger partial charge >= 0.3 is 5.97 Å². The fourth-order valence-corrected chi connectivity index (χ4v) is 0.247. The van der Waals surface area contributed by atoms with E-state index in [-0.39, 0.29) is 0 Å². The smallest absolute Gasteiger partial charge is 0.381 e. The summed E-state index contributed by atoms with van der Waals surface area (Å²) in [7, 11) is 0. The monoisotopic (exact) mass is 128 g/mol. The van der Waals surface area contributed by atoms with E-state index in [0.29, 0.717) is 6.42 Å². The van der Waals surface area contributed by atoms with Crippen LogP contribution in [-0.4, -0.2) is 22.3 Å². The molecule has 0 bridgehead atoms. The van der Waals surface area contributed by atoms with Crippen LogP contribution in [-0.2, 0) is 4.79 Å². The van der Waals surface area contributed by atoms with Crippen LogP contribution in [0.5, 0.6) is 0 Å². The van der Waals surface area contributed by atoms with Gasteiger partial charge in [0.2, 0.25) is 0 Å². The first-order chi connectivity index (χ1) is 4.16. The van der Waals surface area contributed by atoms with Crippen molar-refractivity contribution < 1.29 is 15.0 Å². The van der Waals surface area contributed by atoms with Crippen LogP contribution in [0.2, 0.25) is 0 Å². The molecule has 0 saturated heterocycles. The minimum Gasteiger partial charge on any atom is -0.472 e. The summed E-state index contributed by atoms with van der Waals surface area (Å²) in [4.78, 5) is 9.73. The summed E-state index contributed by atoms with van der Waals surface area (Å²) < 4.78 is 0. The summed E-state index contributed by atoms with van der Waals surface area (Å²) in [6.07, 6.45) is -0.346. The quantitative estimate of drug-likeness (QED) is 0.482. The van der Waals surface area contributed by atoms with Gasteiger partial charge in [-0.3, -0.25) is 0 Å². The Balaban J connectivity index is 3.72. The van der Waals surface area contributed by atoms with Gasteiger partial charge in [-0.1, -0.05) is 12.8 Å². The Morgan fingerprint density at radius 1 is 1.78 bits per heavy atom. The van der Waals surface area contributed by atoms with Crippen LogP contribution >= 0.6 is 0 Å². The van der Waals surface area contributed by atoms with Crippen LogP contribution < -0.4 is 0 Å². The lowest BCUT2D eigenvalue weighted by molar-refractivity contribution is -0.130. The molecule has 0 fully saturated rings. The zero-order valence-corrected chi connectivity index (χ0v) is 5.09. The van der Waals surface area contributed by atoms with Gasteiger partial charge in [0.15, 0.2) is 0 Å². The van der Waals surface area contributed by atoms with E-state index in [1.165, 1.54) is 0 Å². The van der Waals surface area contributed by atoms with Crippen molar-refractivity contribution in [3.05, 3.63) is 0 Å². The molecule has 0 heterocycles. The van der Waals surface area contributed by atoms with Crippen molar-refractivity contribution in [3.63, 3.8) is 0 Å². The molecule has 0 unspecified atom stereocenters. The molecular formula is C6H8O3. The van der Waals surface area contributed by atoms with Crippen molar-refractivity contribution in [2.24, 2.45) is 0 Å². The molecule has 0 saturated carbocycles. The fourth-order valence-electron chi connectivity index (χ4n) is 0.247. The van der Waals surface area contributed by atoms with Crippen LogP contribution in [0.25, 0.3) is 0 Å². The van der Waals surface area contributed by atoms with Gasteiger partial charge in [-0.15, -0.1) is 0 Å². The van der Waals surface area contributed by atoms with E-state index < -0.39 is 12.1 Å². The summed E-state index contributed by atoms with van der Waals surface area (Å²) in [5, 5.41) is 16.6. The molecule has 0 aromatic heterocycles. The van der Waals surface area contributed by atoms with Gasteiger partial charge in [-0.25, -0.2) is 4.79 Å². The van der Waals surface area contributed by atoms with Crippen molar-refractivity contribution in [1.29, 1.82) is 0 Å². The molecule has 0 rings (SSSR count). The highest BCUT2D eigenvalue weighted by molar-refractivity contribution is 5.86. The number of rotatable bonds is 1. The predicted molar refractivity (Wildman–Crippen MR) is 31.7 cm³/mol. The van der Waals surface area contributed by atoms with Gasteiger partial charge in [-0.05, 0) is 6.42 Å². The Hall–Kier alpha value is -1.01. The summed E-state index contributed by atoms with van der Waals surface area (Å²) in [5.41, 5.74) is 0. The first-order valence-electron chi connectivity index (χ1n) is 2.59. The Labute approximate surface area is 53.3 Å². The lowest BCUT2D eigenvalue weighted by atomic mass is 10.3. The van der Waals surface area contributed by atoms with Crippen molar-refractivity contribution in [3.8, 4) is 11.8 Å². The number of carbonyl (C=O) groups is 1. The predicted octanol–water partition coefficient (Wildman–Crippen LogP) is -0.155. The number of hydrogen-bond donors (Lipinski definition) is 2.